The van der Waals surface area contributed by atoms with E-state index in [0.29, 0.717) is 29.3 Å². The molecule has 1 aliphatic heterocycles. The smallest absolute Gasteiger partial charge is 0.224 e. The van der Waals surface area contributed by atoms with Gasteiger partial charge in [-0.2, -0.15) is 10.4 Å². The fourth-order valence-electron chi connectivity index (χ4n) is 4.34. The highest BCUT2D eigenvalue weighted by molar-refractivity contribution is 5.97. The number of likely N-dealkylation sites (tertiary alicyclic amines) is 1. The fourth-order valence-corrected chi connectivity index (χ4v) is 4.34. The van der Waals surface area contributed by atoms with Crippen molar-refractivity contribution in [2.45, 2.75) is 32.7 Å². The number of aryl methyl sites for hydroxylation is 1. The van der Waals surface area contributed by atoms with Crippen LogP contribution in [0.5, 0.6) is 0 Å². The largest absolute Gasteiger partial charge is 0.382 e. The average Bonchev–Trinajstić information content (AvgIpc) is 3.44. The van der Waals surface area contributed by atoms with Gasteiger partial charge in [0.1, 0.15) is 18.2 Å². The van der Waals surface area contributed by atoms with Gasteiger partial charge in [0.25, 0.3) is 0 Å². The SMILES string of the molecule is CC(=O)c1ccc(-n2cnc3cc(NC4CCN(C)C(=O)C4)ccc32)nc1-n1nc(C#N)cc1C. The van der Waals surface area contributed by atoms with Crippen LogP contribution in [0, 0.1) is 18.3 Å². The first-order valence-electron chi connectivity index (χ1n) is 11.3. The molecule has 0 radical (unpaired) electrons. The van der Waals surface area contributed by atoms with Crippen molar-refractivity contribution in [3.63, 3.8) is 0 Å². The van der Waals surface area contributed by atoms with Crippen molar-refractivity contribution in [1.29, 1.82) is 5.26 Å². The van der Waals surface area contributed by atoms with Crippen molar-refractivity contribution >= 4 is 28.4 Å². The zero-order valence-corrected chi connectivity index (χ0v) is 19.7. The molecule has 1 saturated heterocycles. The second-order valence-corrected chi connectivity index (χ2v) is 8.76. The number of benzene rings is 1. The summed E-state index contributed by atoms with van der Waals surface area (Å²) in [5.74, 6) is 0.930. The molecule has 1 unspecified atom stereocenters. The number of nitrogens with zero attached hydrogens (tertiary/aromatic N) is 7. The van der Waals surface area contributed by atoms with Gasteiger partial charge in [-0.1, -0.05) is 0 Å². The number of rotatable bonds is 5. The van der Waals surface area contributed by atoms with E-state index in [1.165, 1.54) is 11.6 Å². The molecular formula is C25H24N8O2. The number of pyridine rings is 1. The van der Waals surface area contributed by atoms with Crippen LogP contribution in [0.15, 0.2) is 42.7 Å². The summed E-state index contributed by atoms with van der Waals surface area (Å²) < 4.78 is 3.36. The number of anilines is 1. The Morgan fingerprint density at radius 2 is 2.06 bits per heavy atom. The molecular weight excluding hydrogens is 444 g/mol. The maximum absolute atomic E-state index is 12.3. The number of ketones is 1. The lowest BCUT2D eigenvalue weighted by Gasteiger charge is -2.29. The first-order chi connectivity index (χ1) is 16.8. The van der Waals surface area contributed by atoms with Crippen molar-refractivity contribution in [3.8, 4) is 17.7 Å². The molecule has 1 aromatic carbocycles. The number of piperidine rings is 1. The van der Waals surface area contributed by atoms with Gasteiger partial charge >= 0.3 is 0 Å². The van der Waals surface area contributed by atoms with Crippen LogP contribution in [0.3, 0.4) is 0 Å². The topological polar surface area (TPSA) is 122 Å². The van der Waals surface area contributed by atoms with Gasteiger partial charge in [-0.15, -0.1) is 0 Å². The average molecular weight is 469 g/mol. The highest BCUT2D eigenvalue weighted by Crippen LogP contribution is 2.25. The van der Waals surface area contributed by atoms with E-state index >= 15 is 0 Å². The molecule has 1 amide bonds. The first-order valence-corrected chi connectivity index (χ1v) is 11.3. The van der Waals surface area contributed by atoms with Gasteiger partial charge in [0.2, 0.25) is 5.91 Å². The minimum atomic E-state index is -0.147. The molecule has 4 heterocycles. The predicted molar refractivity (Wildman–Crippen MR) is 130 cm³/mol. The number of hydrogen-bond acceptors (Lipinski definition) is 7. The number of nitrogens with one attached hydrogen (secondary N) is 1. The number of carbonyl (C=O) groups excluding carboxylic acids is 2. The minimum absolute atomic E-state index is 0.0946. The summed E-state index contributed by atoms with van der Waals surface area (Å²) >= 11 is 0. The number of amides is 1. The molecule has 1 fully saturated rings. The van der Waals surface area contributed by atoms with Crippen LogP contribution >= 0.6 is 0 Å². The summed E-state index contributed by atoms with van der Waals surface area (Å²) in [6, 6.07) is 13.1. The molecule has 35 heavy (non-hydrogen) atoms. The van der Waals surface area contributed by atoms with Crippen LogP contribution in [0.25, 0.3) is 22.7 Å². The van der Waals surface area contributed by atoms with Crippen LogP contribution in [0.2, 0.25) is 0 Å². The summed E-state index contributed by atoms with van der Waals surface area (Å²) in [5, 5.41) is 17.0. The van der Waals surface area contributed by atoms with Gasteiger partial charge in [-0.25, -0.2) is 14.6 Å². The molecule has 4 aromatic rings. The molecule has 1 atom stereocenters. The van der Waals surface area contributed by atoms with Gasteiger partial charge in [0.15, 0.2) is 17.3 Å². The van der Waals surface area contributed by atoms with E-state index in [1.54, 1.807) is 29.4 Å². The van der Waals surface area contributed by atoms with Crippen molar-refractivity contribution in [2.24, 2.45) is 0 Å². The summed E-state index contributed by atoms with van der Waals surface area (Å²) in [4.78, 5) is 35.3. The third-order valence-corrected chi connectivity index (χ3v) is 6.27. The summed E-state index contributed by atoms with van der Waals surface area (Å²) in [5.41, 5.74) is 3.89. The van der Waals surface area contributed by atoms with Gasteiger partial charge in [-0.05, 0) is 56.7 Å². The molecule has 0 spiro atoms. The third kappa shape index (κ3) is 4.12. The zero-order valence-electron chi connectivity index (χ0n) is 19.7. The number of imidazole rings is 1. The molecule has 3 aromatic heterocycles. The molecule has 1 aliphatic rings. The van der Waals surface area contributed by atoms with E-state index in [0.717, 1.165) is 29.7 Å². The fraction of sp³-hybridized carbons (Fsp3) is 0.280. The molecule has 0 aliphatic carbocycles. The Morgan fingerprint density at radius 1 is 1.23 bits per heavy atom. The quantitative estimate of drug-likeness (QED) is 0.447. The highest BCUT2D eigenvalue weighted by Gasteiger charge is 2.23. The summed E-state index contributed by atoms with van der Waals surface area (Å²) in [6.07, 6.45) is 3.05. The van der Waals surface area contributed by atoms with E-state index < -0.39 is 0 Å². The van der Waals surface area contributed by atoms with E-state index in [9.17, 15) is 14.9 Å². The van der Waals surface area contributed by atoms with Gasteiger partial charge in [-0.3, -0.25) is 14.2 Å². The Balaban J connectivity index is 1.49. The molecule has 10 heteroatoms. The van der Waals surface area contributed by atoms with Gasteiger partial charge in [0.05, 0.1) is 16.6 Å². The van der Waals surface area contributed by atoms with Crippen molar-refractivity contribution in [3.05, 3.63) is 59.7 Å². The zero-order chi connectivity index (χ0) is 24.7. The van der Waals surface area contributed by atoms with E-state index in [4.69, 9.17) is 4.98 Å². The van der Waals surface area contributed by atoms with Crippen molar-refractivity contribution < 1.29 is 9.59 Å². The van der Waals surface area contributed by atoms with Gasteiger partial charge < -0.3 is 10.2 Å². The Hall–Kier alpha value is -4.52. The number of Topliss-reactive ketones (excluding diaryl/α,β-unsaturated/α-hetero) is 1. The maximum Gasteiger partial charge on any atom is 0.224 e. The summed E-state index contributed by atoms with van der Waals surface area (Å²) in [6.45, 7) is 4.03. The highest BCUT2D eigenvalue weighted by atomic mass is 16.2. The van der Waals surface area contributed by atoms with Crippen LogP contribution < -0.4 is 5.32 Å². The van der Waals surface area contributed by atoms with Crippen molar-refractivity contribution in [2.75, 3.05) is 18.9 Å². The van der Waals surface area contributed by atoms with E-state index in [1.807, 2.05) is 42.8 Å². The normalized spacial score (nSPS) is 15.9. The lowest BCUT2D eigenvalue weighted by atomic mass is 10.0. The number of aromatic nitrogens is 5. The molecule has 0 saturated carbocycles. The third-order valence-electron chi connectivity index (χ3n) is 6.27. The Morgan fingerprint density at radius 3 is 2.77 bits per heavy atom. The minimum Gasteiger partial charge on any atom is -0.382 e. The Kier molecular flexibility index (Phi) is 5.53. The lowest BCUT2D eigenvalue weighted by Crippen LogP contribution is -2.40. The van der Waals surface area contributed by atoms with Gasteiger partial charge in [0, 0.05) is 37.4 Å². The lowest BCUT2D eigenvalue weighted by molar-refractivity contribution is -0.132. The molecule has 5 rings (SSSR count). The standard InChI is InChI=1S/C25H24N8O2/c1-15-10-19(13-26)30-33(15)25-20(16(2)34)5-7-23(29-25)32-14-27-21-11-17(4-6-22(21)32)28-18-8-9-31(3)24(35)12-18/h4-7,10-11,14,18,28H,8-9,12H2,1-3H3. The Bertz CT molecular complexity index is 1510. The van der Waals surface area contributed by atoms with E-state index in [2.05, 4.69) is 15.4 Å². The maximum atomic E-state index is 12.3. The number of hydrogen-bond donors (Lipinski definition) is 1. The predicted octanol–water partition coefficient (Wildman–Crippen LogP) is 3.02. The Labute approximate surface area is 201 Å². The first kappa shape index (κ1) is 22.3. The van der Waals surface area contributed by atoms with Crippen molar-refractivity contribution in [1.82, 2.24) is 29.2 Å². The monoisotopic (exact) mass is 468 g/mol. The molecule has 176 valence electrons. The van der Waals surface area contributed by atoms with Crippen LogP contribution in [-0.4, -0.2) is 60.5 Å². The summed E-state index contributed by atoms with van der Waals surface area (Å²) in [7, 11) is 1.83. The van der Waals surface area contributed by atoms with Crippen LogP contribution in [0.4, 0.5) is 5.69 Å². The number of nitriles is 1. The van der Waals surface area contributed by atoms with E-state index in [-0.39, 0.29) is 23.4 Å². The molecule has 10 nitrogen and oxygen atoms in total. The number of carbonyl (C=O) groups is 2. The second kappa shape index (κ2) is 8.68. The molecule has 0 bridgehead atoms. The second-order valence-electron chi connectivity index (χ2n) is 8.76. The number of fused-ring (bicyclic) bond motifs is 1. The van der Waals surface area contributed by atoms with Crippen LogP contribution in [0.1, 0.15) is 41.5 Å². The van der Waals surface area contributed by atoms with Crippen LogP contribution in [-0.2, 0) is 4.79 Å². The molecule has 1 N–H and O–H groups in total.